The third-order valence-corrected chi connectivity index (χ3v) is 4.90. The molecule has 0 saturated carbocycles. The Labute approximate surface area is 142 Å². The maximum atomic E-state index is 12.5. The van der Waals surface area contributed by atoms with Gasteiger partial charge in [-0.05, 0) is 35.6 Å². The van der Waals surface area contributed by atoms with Crippen LogP contribution < -0.4 is 4.74 Å². The Morgan fingerprint density at radius 1 is 1.13 bits per heavy atom. The van der Waals surface area contributed by atoms with E-state index in [9.17, 15) is 9.59 Å². The van der Waals surface area contributed by atoms with Crippen molar-refractivity contribution >= 4 is 40.3 Å². The Morgan fingerprint density at radius 2 is 1.87 bits per heavy atom. The average Bonchev–Trinajstić information content (AvgIpc) is 3.15. The van der Waals surface area contributed by atoms with Crippen LogP contribution in [0.1, 0.15) is 10.4 Å². The van der Waals surface area contributed by atoms with Gasteiger partial charge in [-0.3, -0.25) is 14.5 Å². The molecule has 118 valence electrons. The maximum Gasteiger partial charge on any atom is 0.273 e. The van der Waals surface area contributed by atoms with Gasteiger partial charge in [0.1, 0.15) is 10.8 Å². The standard InChI is InChI=1S/C17H14ClNO3S/c1-22-12-6-4-11(5-7-12)8-9-19-16(20)14(15(18)17(19)21)13-3-2-10-23-13/h2-7,10H,8-9H2,1H3. The Kier molecular flexibility index (Phi) is 4.50. The molecule has 6 heteroatoms. The van der Waals surface area contributed by atoms with Gasteiger partial charge in [0.15, 0.2) is 0 Å². The molecule has 0 saturated heterocycles. The first kappa shape index (κ1) is 15.8. The molecule has 0 bridgehead atoms. The van der Waals surface area contributed by atoms with Crippen molar-refractivity contribution in [3.63, 3.8) is 0 Å². The second kappa shape index (κ2) is 6.56. The van der Waals surface area contributed by atoms with Gasteiger partial charge >= 0.3 is 0 Å². The van der Waals surface area contributed by atoms with Crippen molar-refractivity contribution in [1.29, 1.82) is 0 Å². The molecule has 2 heterocycles. The van der Waals surface area contributed by atoms with Crippen LogP contribution in [0, 0.1) is 0 Å². The molecule has 0 N–H and O–H groups in total. The van der Waals surface area contributed by atoms with Gasteiger partial charge in [-0.25, -0.2) is 0 Å². The molecular weight excluding hydrogens is 334 g/mol. The van der Waals surface area contributed by atoms with E-state index in [0.29, 0.717) is 18.5 Å². The number of carbonyl (C=O) groups is 2. The third kappa shape index (κ3) is 3.02. The largest absolute Gasteiger partial charge is 0.497 e. The number of amides is 2. The topological polar surface area (TPSA) is 46.6 Å². The molecule has 1 aromatic heterocycles. The quantitative estimate of drug-likeness (QED) is 0.779. The summed E-state index contributed by atoms with van der Waals surface area (Å²) >= 11 is 7.48. The predicted octanol–water partition coefficient (Wildman–Crippen LogP) is 3.32. The first-order chi connectivity index (χ1) is 11.1. The minimum atomic E-state index is -0.423. The summed E-state index contributed by atoms with van der Waals surface area (Å²) in [7, 11) is 1.61. The molecule has 1 aliphatic heterocycles. The van der Waals surface area contributed by atoms with E-state index in [0.717, 1.165) is 16.2 Å². The van der Waals surface area contributed by atoms with E-state index >= 15 is 0 Å². The first-order valence-corrected chi connectivity index (χ1v) is 8.30. The van der Waals surface area contributed by atoms with E-state index in [1.807, 2.05) is 35.7 Å². The number of methoxy groups -OCH3 is 1. The van der Waals surface area contributed by atoms with Crippen molar-refractivity contribution in [3.05, 3.63) is 57.3 Å². The molecule has 0 radical (unpaired) electrons. The lowest BCUT2D eigenvalue weighted by molar-refractivity contribution is -0.136. The lowest BCUT2D eigenvalue weighted by Crippen LogP contribution is -2.33. The predicted molar refractivity (Wildman–Crippen MR) is 90.5 cm³/mol. The van der Waals surface area contributed by atoms with E-state index in [4.69, 9.17) is 16.3 Å². The van der Waals surface area contributed by atoms with Crippen LogP contribution in [-0.2, 0) is 16.0 Å². The van der Waals surface area contributed by atoms with Crippen LogP contribution in [0.25, 0.3) is 5.57 Å². The van der Waals surface area contributed by atoms with Gasteiger partial charge in [-0.2, -0.15) is 0 Å². The highest BCUT2D eigenvalue weighted by atomic mass is 35.5. The fraction of sp³-hybridized carbons (Fsp3) is 0.176. The number of halogens is 1. The zero-order chi connectivity index (χ0) is 16.4. The molecule has 0 unspecified atom stereocenters. The van der Waals surface area contributed by atoms with E-state index in [-0.39, 0.29) is 10.9 Å². The molecule has 1 aromatic carbocycles. The summed E-state index contributed by atoms with van der Waals surface area (Å²) in [4.78, 5) is 26.7. The van der Waals surface area contributed by atoms with Crippen molar-refractivity contribution < 1.29 is 14.3 Å². The van der Waals surface area contributed by atoms with E-state index in [1.54, 1.807) is 13.2 Å². The molecule has 3 rings (SSSR count). The summed E-state index contributed by atoms with van der Waals surface area (Å²) in [5, 5.41) is 1.86. The number of hydrogen-bond donors (Lipinski definition) is 0. The summed E-state index contributed by atoms with van der Waals surface area (Å²) in [5.41, 5.74) is 1.33. The van der Waals surface area contributed by atoms with Crippen LogP contribution in [0.4, 0.5) is 0 Å². The second-order valence-corrected chi connectivity index (χ2v) is 6.35. The number of benzene rings is 1. The third-order valence-electron chi connectivity index (χ3n) is 3.66. The zero-order valence-electron chi connectivity index (χ0n) is 12.4. The first-order valence-electron chi connectivity index (χ1n) is 7.04. The number of thiophene rings is 1. The monoisotopic (exact) mass is 347 g/mol. The summed E-state index contributed by atoms with van der Waals surface area (Å²) in [6.07, 6.45) is 0.573. The number of ether oxygens (including phenoxy) is 1. The van der Waals surface area contributed by atoms with Crippen molar-refractivity contribution in [2.45, 2.75) is 6.42 Å². The van der Waals surface area contributed by atoms with Crippen molar-refractivity contribution in [2.75, 3.05) is 13.7 Å². The molecule has 4 nitrogen and oxygen atoms in total. The van der Waals surface area contributed by atoms with Gasteiger partial charge in [0, 0.05) is 11.4 Å². The lowest BCUT2D eigenvalue weighted by atomic mass is 10.1. The summed E-state index contributed by atoms with van der Waals surface area (Å²) < 4.78 is 5.11. The van der Waals surface area contributed by atoms with E-state index in [1.165, 1.54) is 16.2 Å². The van der Waals surface area contributed by atoms with Crippen LogP contribution in [0.15, 0.2) is 46.8 Å². The van der Waals surface area contributed by atoms with Crippen LogP contribution >= 0.6 is 22.9 Å². The molecule has 0 atom stereocenters. The highest BCUT2D eigenvalue weighted by Crippen LogP contribution is 2.33. The molecule has 0 spiro atoms. The van der Waals surface area contributed by atoms with Gasteiger partial charge < -0.3 is 4.74 Å². The van der Waals surface area contributed by atoms with Crippen LogP contribution in [-0.4, -0.2) is 30.4 Å². The van der Waals surface area contributed by atoms with Crippen molar-refractivity contribution in [3.8, 4) is 5.75 Å². The summed E-state index contributed by atoms with van der Waals surface area (Å²) in [6.45, 7) is 0.301. The van der Waals surface area contributed by atoms with Crippen LogP contribution in [0.3, 0.4) is 0 Å². The minimum absolute atomic E-state index is 0.00665. The van der Waals surface area contributed by atoms with Gasteiger partial charge in [-0.15, -0.1) is 11.3 Å². The van der Waals surface area contributed by atoms with Crippen LogP contribution in [0.2, 0.25) is 0 Å². The fourth-order valence-electron chi connectivity index (χ4n) is 2.42. The molecule has 23 heavy (non-hydrogen) atoms. The molecule has 2 amide bonds. The van der Waals surface area contributed by atoms with E-state index in [2.05, 4.69) is 0 Å². The number of rotatable bonds is 5. The molecular formula is C17H14ClNO3S. The fourth-order valence-corrected chi connectivity index (χ4v) is 3.53. The van der Waals surface area contributed by atoms with Crippen molar-refractivity contribution in [1.82, 2.24) is 4.90 Å². The second-order valence-electron chi connectivity index (χ2n) is 5.03. The molecule has 1 aliphatic rings. The Balaban J connectivity index is 1.72. The van der Waals surface area contributed by atoms with Gasteiger partial charge in [0.25, 0.3) is 11.8 Å². The molecule has 0 fully saturated rings. The highest BCUT2D eigenvalue weighted by Gasteiger charge is 2.38. The lowest BCUT2D eigenvalue weighted by Gasteiger charge is -2.14. The average molecular weight is 348 g/mol. The van der Waals surface area contributed by atoms with Gasteiger partial charge in [-0.1, -0.05) is 29.8 Å². The van der Waals surface area contributed by atoms with E-state index < -0.39 is 5.91 Å². The Hall–Kier alpha value is -2.11. The number of nitrogens with zero attached hydrogens (tertiary/aromatic N) is 1. The van der Waals surface area contributed by atoms with Crippen LogP contribution in [0.5, 0.6) is 5.75 Å². The van der Waals surface area contributed by atoms with Gasteiger partial charge in [0.2, 0.25) is 0 Å². The normalized spacial score (nSPS) is 14.8. The number of hydrogen-bond acceptors (Lipinski definition) is 4. The number of carbonyl (C=O) groups excluding carboxylic acids is 2. The Morgan fingerprint density at radius 3 is 2.48 bits per heavy atom. The highest BCUT2D eigenvalue weighted by molar-refractivity contribution is 7.11. The molecule has 2 aromatic rings. The SMILES string of the molecule is COc1ccc(CCN2C(=O)C(Cl)=C(c3cccs3)C2=O)cc1. The van der Waals surface area contributed by atoms with Crippen molar-refractivity contribution in [2.24, 2.45) is 0 Å². The maximum absolute atomic E-state index is 12.5. The smallest absolute Gasteiger partial charge is 0.273 e. The van der Waals surface area contributed by atoms with Gasteiger partial charge in [0.05, 0.1) is 12.7 Å². The minimum Gasteiger partial charge on any atom is -0.497 e. The molecule has 0 aliphatic carbocycles. The summed E-state index contributed by atoms with van der Waals surface area (Å²) in [6, 6.07) is 11.2. The zero-order valence-corrected chi connectivity index (χ0v) is 14.0. The Bertz CT molecular complexity index is 766. The number of imide groups is 1. The summed E-state index contributed by atoms with van der Waals surface area (Å²) in [5.74, 6) is 0.0244.